The summed E-state index contributed by atoms with van der Waals surface area (Å²) in [7, 11) is -3.69. The highest BCUT2D eigenvalue weighted by Crippen LogP contribution is 2.23. The van der Waals surface area contributed by atoms with Crippen molar-refractivity contribution in [2.45, 2.75) is 43.2 Å². The van der Waals surface area contributed by atoms with Crippen molar-refractivity contribution in [2.24, 2.45) is 0 Å². The number of nitrogens with one attached hydrogen (secondary N) is 1. The third kappa shape index (κ3) is 4.36. The van der Waals surface area contributed by atoms with Crippen molar-refractivity contribution in [1.29, 1.82) is 0 Å². The highest BCUT2D eigenvalue weighted by molar-refractivity contribution is 7.89. The van der Waals surface area contributed by atoms with Crippen LogP contribution in [-0.2, 0) is 29.4 Å². The van der Waals surface area contributed by atoms with Crippen LogP contribution in [-0.4, -0.2) is 30.7 Å². The van der Waals surface area contributed by atoms with Crippen molar-refractivity contribution in [1.82, 2.24) is 9.29 Å². The molecule has 0 saturated heterocycles. The first-order valence-electron chi connectivity index (χ1n) is 8.41. The lowest BCUT2D eigenvalue weighted by Crippen LogP contribution is -2.36. The Balaban J connectivity index is 1.65. The molecule has 0 spiro atoms. The number of rotatable bonds is 6. The smallest absolute Gasteiger partial charge is 0.250 e. The highest BCUT2D eigenvalue weighted by Gasteiger charge is 2.19. The molecule has 1 aliphatic carbocycles. The van der Waals surface area contributed by atoms with E-state index in [9.17, 15) is 18.3 Å². The molecule has 1 aromatic carbocycles. The summed E-state index contributed by atoms with van der Waals surface area (Å²) in [6.07, 6.45) is 4.68. The van der Waals surface area contributed by atoms with Gasteiger partial charge in [-0.3, -0.25) is 4.79 Å². The SMILES string of the molecule is O=c1ccccn1CC(O)CNS(=O)(=O)c1ccc2c(c1)CCCC2. The lowest BCUT2D eigenvalue weighted by Gasteiger charge is -2.17. The van der Waals surface area contributed by atoms with E-state index in [4.69, 9.17) is 0 Å². The number of aryl methyl sites for hydroxylation is 2. The monoisotopic (exact) mass is 362 g/mol. The zero-order chi connectivity index (χ0) is 17.9. The number of fused-ring (bicyclic) bond motifs is 1. The van der Waals surface area contributed by atoms with Gasteiger partial charge in [-0.05, 0) is 55.0 Å². The fourth-order valence-corrected chi connectivity index (χ4v) is 4.19. The zero-order valence-corrected chi connectivity index (χ0v) is 14.7. The molecule has 0 amide bonds. The van der Waals surface area contributed by atoms with Gasteiger partial charge in [-0.25, -0.2) is 13.1 Å². The number of aliphatic hydroxyl groups excluding tert-OH is 1. The van der Waals surface area contributed by atoms with E-state index in [0.29, 0.717) is 0 Å². The van der Waals surface area contributed by atoms with E-state index >= 15 is 0 Å². The predicted molar refractivity (Wildman–Crippen MR) is 95.0 cm³/mol. The van der Waals surface area contributed by atoms with Crippen LogP contribution in [0.15, 0.2) is 52.3 Å². The minimum Gasteiger partial charge on any atom is -0.390 e. The number of aliphatic hydroxyl groups is 1. The number of hydrogen-bond acceptors (Lipinski definition) is 4. The Kier molecular flexibility index (Phi) is 5.36. The molecule has 1 atom stereocenters. The number of benzene rings is 1. The van der Waals surface area contributed by atoms with Gasteiger partial charge in [-0.15, -0.1) is 0 Å². The topological polar surface area (TPSA) is 88.4 Å². The first kappa shape index (κ1) is 17.8. The molecule has 2 aromatic rings. The van der Waals surface area contributed by atoms with Crippen molar-refractivity contribution in [3.05, 3.63) is 64.1 Å². The van der Waals surface area contributed by atoms with Gasteiger partial charge in [0.25, 0.3) is 5.56 Å². The van der Waals surface area contributed by atoms with E-state index in [-0.39, 0.29) is 23.5 Å². The van der Waals surface area contributed by atoms with Crippen LogP contribution < -0.4 is 10.3 Å². The van der Waals surface area contributed by atoms with Crippen LogP contribution in [0, 0.1) is 0 Å². The Labute approximate surface area is 147 Å². The maximum atomic E-state index is 12.5. The summed E-state index contributed by atoms with van der Waals surface area (Å²) in [6.45, 7) is -0.118. The second-order valence-electron chi connectivity index (χ2n) is 6.33. The van der Waals surface area contributed by atoms with Crippen molar-refractivity contribution in [3.8, 4) is 0 Å². The number of sulfonamides is 1. The summed E-state index contributed by atoms with van der Waals surface area (Å²) in [5.41, 5.74) is 2.07. The molecule has 1 heterocycles. The van der Waals surface area contributed by atoms with Gasteiger partial charge in [0.15, 0.2) is 0 Å². The lowest BCUT2D eigenvalue weighted by molar-refractivity contribution is 0.156. The van der Waals surface area contributed by atoms with Crippen LogP contribution >= 0.6 is 0 Å². The summed E-state index contributed by atoms with van der Waals surface area (Å²) >= 11 is 0. The van der Waals surface area contributed by atoms with Crippen molar-refractivity contribution < 1.29 is 13.5 Å². The Bertz CT molecular complexity index is 905. The normalized spacial score (nSPS) is 15.6. The summed E-state index contributed by atoms with van der Waals surface area (Å²) < 4.78 is 28.7. The lowest BCUT2D eigenvalue weighted by atomic mass is 9.92. The average molecular weight is 362 g/mol. The molecular weight excluding hydrogens is 340 g/mol. The van der Waals surface area contributed by atoms with E-state index in [1.165, 1.54) is 16.2 Å². The van der Waals surface area contributed by atoms with Crippen molar-refractivity contribution >= 4 is 10.0 Å². The first-order valence-corrected chi connectivity index (χ1v) is 9.89. The number of nitrogens with zero attached hydrogens (tertiary/aromatic N) is 1. The molecule has 0 radical (unpaired) electrons. The quantitative estimate of drug-likeness (QED) is 0.804. The Morgan fingerprint density at radius 1 is 1.12 bits per heavy atom. The molecule has 7 heteroatoms. The molecule has 25 heavy (non-hydrogen) atoms. The Morgan fingerprint density at radius 3 is 2.64 bits per heavy atom. The van der Waals surface area contributed by atoms with Crippen molar-refractivity contribution in [2.75, 3.05) is 6.54 Å². The standard InChI is InChI=1S/C18H22N2O4S/c21-16(13-20-10-4-3-7-18(20)22)12-19-25(23,24)17-9-8-14-5-1-2-6-15(14)11-17/h3-4,7-11,16,19,21H,1-2,5-6,12-13H2. The van der Waals surface area contributed by atoms with Crippen LogP contribution in [0.1, 0.15) is 24.0 Å². The van der Waals surface area contributed by atoms with Crippen LogP contribution in [0.4, 0.5) is 0 Å². The summed E-state index contributed by atoms with van der Waals surface area (Å²) in [6, 6.07) is 9.91. The second kappa shape index (κ2) is 7.51. The third-order valence-electron chi connectivity index (χ3n) is 4.45. The molecular formula is C18H22N2O4S. The van der Waals surface area contributed by atoms with E-state index in [1.54, 1.807) is 30.5 Å². The molecule has 0 saturated carbocycles. The number of aromatic nitrogens is 1. The minimum atomic E-state index is -3.69. The maximum absolute atomic E-state index is 12.5. The van der Waals surface area contributed by atoms with E-state index in [0.717, 1.165) is 31.2 Å². The predicted octanol–water partition coefficient (Wildman–Crippen LogP) is 1.07. The third-order valence-corrected chi connectivity index (χ3v) is 5.87. The van der Waals surface area contributed by atoms with Crippen LogP contribution in [0.5, 0.6) is 0 Å². The summed E-state index contributed by atoms with van der Waals surface area (Å²) in [4.78, 5) is 11.8. The maximum Gasteiger partial charge on any atom is 0.250 e. The van der Waals surface area contributed by atoms with Crippen molar-refractivity contribution in [3.63, 3.8) is 0 Å². The average Bonchev–Trinajstić information content (AvgIpc) is 2.62. The van der Waals surface area contributed by atoms with Gasteiger partial charge >= 0.3 is 0 Å². The fraction of sp³-hybridized carbons (Fsp3) is 0.389. The summed E-state index contributed by atoms with van der Waals surface area (Å²) in [5.74, 6) is 0. The molecule has 0 bridgehead atoms. The van der Waals surface area contributed by atoms with Crippen LogP contribution in [0.3, 0.4) is 0 Å². The Morgan fingerprint density at radius 2 is 1.88 bits per heavy atom. The molecule has 0 aliphatic heterocycles. The molecule has 1 aromatic heterocycles. The molecule has 1 unspecified atom stereocenters. The molecule has 3 rings (SSSR count). The van der Waals surface area contributed by atoms with E-state index in [1.807, 2.05) is 6.07 Å². The molecule has 6 nitrogen and oxygen atoms in total. The zero-order valence-electron chi connectivity index (χ0n) is 13.9. The number of hydrogen-bond donors (Lipinski definition) is 2. The number of pyridine rings is 1. The fourth-order valence-electron chi connectivity index (χ4n) is 3.07. The second-order valence-corrected chi connectivity index (χ2v) is 8.10. The van der Waals surface area contributed by atoms with Gasteiger partial charge in [0.2, 0.25) is 10.0 Å². The van der Waals surface area contributed by atoms with E-state index in [2.05, 4.69) is 4.72 Å². The van der Waals surface area contributed by atoms with Gasteiger partial charge in [-0.1, -0.05) is 12.1 Å². The molecule has 134 valence electrons. The van der Waals surface area contributed by atoms with E-state index < -0.39 is 16.1 Å². The molecule has 0 fully saturated rings. The van der Waals surface area contributed by atoms with Gasteiger partial charge in [0.05, 0.1) is 17.5 Å². The molecule has 1 aliphatic rings. The van der Waals surface area contributed by atoms with Gasteiger partial charge in [0, 0.05) is 18.8 Å². The van der Waals surface area contributed by atoms with Gasteiger partial charge in [-0.2, -0.15) is 0 Å². The summed E-state index contributed by atoms with van der Waals surface area (Å²) in [5, 5.41) is 10.0. The van der Waals surface area contributed by atoms with Crippen LogP contribution in [0.2, 0.25) is 0 Å². The first-order chi connectivity index (χ1) is 12.0. The molecule has 2 N–H and O–H groups in total. The van der Waals surface area contributed by atoms with Gasteiger partial charge in [0.1, 0.15) is 0 Å². The minimum absolute atomic E-state index is 0.0341. The van der Waals surface area contributed by atoms with Gasteiger partial charge < -0.3 is 9.67 Å². The highest BCUT2D eigenvalue weighted by atomic mass is 32.2. The van der Waals surface area contributed by atoms with Crippen LogP contribution in [0.25, 0.3) is 0 Å². The largest absolute Gasteiger partial charge is 0.390 e. The Hall–Kier alpha value is -1.96.